The van der Waals surface area contributed by atoms with Crippen LogP contribution >= 0.6 is 0 Å². The first-order valence-electron chi connectivity index (χ1n) is 6.82. The summed E-state index contributed by atoms with van der Waals surface area (Å²) in [5, 5.41) is 0. The predicted molar refractivity (Wildman–Crippen MR) is 81.4 cm³/mol. The lowest BCUT2D eigenvalue weighted by atomic mass is 10.3. The fraction of sp³-hybridized carbons (Fsp3) is 0. The molecule has 114 valence electrons. The molecule has 0 aliphatic rings. The van der Waals surface area contributed by atoms with E-state index < -0.39 is 11.9 Å². The Balaban J connectivity index is 1.76. The molecule has 2 aromatic carbocycles. The Bertz CT molecular complexity index is 745. The van der Waals surface area contributed by atoms with Gasteiger partial charge in [-0.15, -0.1) is 0 Å². The standard InChI is InChI=1S/C17H12N2O4/c20-16(22-12-7-3-1-4-8-12)14-15(19-11-18-14)17(21)23-13-9-5-2-6-10-13/h1-11H,(H,18,19). The third-order valence-electron chi connectivity index (χ3n) is 2.94. The van der Waals surface area contributed by atoms with Gasteiger partial charge < -0.3 is 14.5 Å². The van der Waals surface area contributed by atoms with E-state index in [1.807, 2.05) is 0 Å². The zero-order valence-corrected chi connectivity index (χ0v) is 11.9. The van der Waals surface area contributed by atoms with Crippen molar-refractivity contribution < 1.29 is 19.1 Å². The van der Waals surface area contributed by atoms with Gasteiger partial charge in [0.15, 0.2) is 11.4 Å². The molecule has 0 spiro atoms. The number of carbonyl (C=O) groups excluding carboxylic acids is 2. The maximum Gasteiger partial charge on any atom is 0.364 e. The normalized spacial score (nSPS) is 10.1. The number of rotatable bonds is 4. The van der Waals surface area contributed by atoms with Gasteiger partial charge in [-0.2, -0.15) is 0 Å². The van der Waals surface area contributed by atoms with E-state index in [0.717, 1.165) is 0 Å². The molecule has 6 heteroatoms. The number of hydrogen-bond acceptors (Lipinski definition) is 5. The monoisotopic (exact) mass is 308 g/mol. The maximum absolute atomic E-state index is 12.2. The summed E-state index contributed by atoms with van der Waals surface area (Å²) in [6.45, 7) is 0. The second kappa shape index (κ2) is 6.57. The molecule has 0 fully saturated rings. The van der Waals surface area contributed by atoms with Gasteiger partial charge in [0.2, 0.25) is 0 Å². The lowest BCUT2D eigenvalue weighted by Crippen LogP contribution is -2.17. The second-order valence-electron chi connectivity index (χ2n) is 4.53. The number of hydrogen-bond donors (Lipinski definition) is 1. The molecule has 3 aromatic rings. The molecule has 6 nitrogen and oxygen atoms in total. The van der Waals surface area contributed by atoms with E-state index in [2.05, 4.69) is 9.97 Å². The number of benzene rings is 2. The third-order valence-corrected chi connectivity index (χ3v) is 2.94. The maximum atomic E-state index is 12.2. The van der Waals surface area contributed by atoms with E-state index >= 15 is 0 Å². The summed E-state index contributed by atoms with van der Waals surface area (Å²) in [5.41, 5.74) is -0.190. The van der Waals surface area contributed by atoms with Crippen molar-refractivity contribution in [2.45, 2.75) is 0 Å². The van der Waals surface area contributed by atoms with E-state index in [0.29, 0.717) is 11.5 Å². The van der Waals surface area contributed by atoms with Crippen LogP contribution in [-0.4, -0.2) is 21.9 Å². The summed E-state index contributed by atoms with van der Waals surface area (Å²) in [6.07, 6.45) is 1.24. The van der Waals surface area contributed by atoms with E-state index in [1.54, 1.807) is 60.7 Å². The molecule has 0 radical (unpaired) electrons. The largest absolute Gasteiger partial charge is 0.422 e. The van der Waals surface area contributed by atoms with Gasteiger partial charge >= 0.3 is 11.9 Å². The van der Waals surface area contributed by atoms with E-state index in [9.17, 15) is 9.59 Å². The summed E-state index contributed by atoms with van der Waals surface area (Å²) < 4.78 is 10.4. The van der Waals surface area contributed by atoms with Gasteiger partial charge in [-0.1, -0.05) is 36.4 Å². The Morgan fingerprint density at radius 1 is 0.783 bits per heavy atom. The first kappa shape index (κ1) is 14.5. The van der Waals surface area contributed by atoms with Crippen molar-refractivity contribution in [1.29, 1.82) is 0 Å². The van der Waals surface area contributed by atoms with Crippen LogP contribution in [0.25, 0.3) is 0 Å². The summed E-state index contributed by atoms with van der Waals surface area (Å²) in [4.78, 5) is 30.7. The first-order chi connectivity index (χ1) is 11.2. The van der Waals surface area contributed by atoms with E-state index in [-0.39, 0.29) is 11.4 Å². The van der Waals surface area contributed by atoms with Crippen LogP contribution in [0.5, 0.6) is 11.5 Å². The van der Waals surface area contributed by atoms with Gasteiger partial charge in [0.05, 0.1) is 6.33 Å². The highest BCUT2D eigenvalue weighted by atomic mass is 16.5. The number of H-pyrrole nitrogens is 1. The Morgan fingerprint density at radius 3 is 1.87 bits per heavy atom. The quantitative estimate of drug-likeness (QED) is 0.592. The summed E-state index contributed by atoms with van der Waals surface area (Å²) in [7, 11) is 0. The molecule has 1 N–H and O–H groups in total. The van der Waals surface area contributed by atoms with Crippen molar-refractivity contribution in [3.8, 4) is 11.5 Å². The number of esters is 2. The Hall–Kier alpha value is -3.41. The minimum absolute atomic E-state index is 0.0604. The van der Waals surface area contributed by atoms with Gasteiger partial charge in [0, 0.05) is 0 Å². The van der Waals surface area contributed by atoms with Crippen molar-refractivity contribution in [2.75, 3.05) is 0 Å². The average Bonchev–Trinajstić information content (AvgIpc) is 3.06. The number of nitrogens with one attached hydrogen (secondary N) is 1. The zero-order chi connectivity index (χ0) is 16.1. The highest BCUT2D eigenvalue weighted by Gasteiger charge is 2.23. The van der Waals surface area contributed by atoms with Crippen LogP contribution in [-0.2, 0) is 0 Å². The second-order valence-corrected chi connectivity index (χ2v) is 4.53. The molecule has 3 rings (SSSR count). The van der Waals surface area contributed by atoms with Crippen molar-refractivity contribution in [2.24, 2.45) is 0 Å². The van der Waals surface area contributed by atoms with Gasteiger partial charge in [-0.3, -0.25) is 0 Å². The molecule has 0 bridgehead atoms. The van der Waals surface area contributed by atoms with Crippen LogP contribution in [0, 0.1) is 0 Å². The molecule has 0 aliphatic carbocycles. The van der Waals surface area contributed by atoms with Crippen molar-refractivity contribution >= 4 is 11.9 Å². The summed E-state index contributed by atoms with van der Waals surface area (Å²) >= 11 is 0. The highest BCUT2D eigenvalue weighted by molar-refractivity contribution is 6.01. The van der Waals surface area contributed by atoms with Gasteiger partial charge in [0.1, 0.15) is 11.5 Å². The molecule has 1 heterocycles. The number of ether oxygens (including phenoxy) is 2. The first-order valence-corrected chi connectivity index (χ1v) is 6.82. The fourth-order valence-electron chi connectivity index (χ4n) is 1.90. The van der Waals surface area contributed by atoms with Crippen molar-refractivity contribution in [1.82, 2.24) is 9.97 Å². The number of aromatic amines is 1. The van der Waals surface area contributed by atoms with Crippen LogP contribution in [0.2, 0.25) is 0 Å². The van der Waals surface area contributed by atoms with Crippen LogP contribution in [0.3, 0.4) is 0 Å². The summed E-state index contributed by atoms with van der Waals surface area (Å²) in [6, 6.07) is 17.1. The lowest BCUT2D eigenvalue weighted by Gasteiger charge is -2.05. The minimum Gasteiger partial charge on any atom is -0.422 e. The minimum atomic E-state index is -0.738. The number of aromatic nitrogens is 2. The lowest BCUT2D eigenvalue weighted by molar-refractivity contribution is 0.0685. The number of nitrogens with zero attached hydrogens (tertiary/aromatic N) is 1. The van der Waals surface area contributed by atoms with Gasteiger partial charge in [-0.25, -0.2) is 14.6 Å². The Labute approximate surface area is 131 Å². The van der Waals surface area contributed by atoms with Gasteiger partial charge in [0.25, 0.3) is 0 Å². The molecule has 0 saturated carbocycles. The topological polar surface area (TPSA) is 81.3 Å². The SMILES string of the molecule is O=C(Oc1ccccc1)c1nc[nH]c1C(=O)Oc1ccccc1. The Morgan fingerprint density at radius 2 is 1.30 bits per heavy atom. The van der Waals surface area contributed by atoms with Crippen molar-refractivity contribution in [3.63, 3.8) is 0 Å². The smallest absolute Gasteiger partial charge is 0.364 e. The molecule has 0 amide bonds. The molecule has 23 heavy (non-hydrogen) atoms. The van der Waals surface area contributed by atoms with Crippen LogP contribution in [0.15, 0.2) is 67.0 Å². The average molecular weight is 308 g/mol. The van der Waals surface area contributed by atoms with Gasteiger partial charge in [-0.05, 0) is 24.3 Å². The molecule has 0 aliphatic heterocycles. The highest BCUT2D eigenvalue weighted by Crippen LogP contribution is 2.15. The number of carbonyl (C=O) groups is 2. The molecule has 0 saturated heterocycles. The van der Waals surface area contributed by atoms with Crippen molar-refractivity contribution in [3.05, 3.63) is 78.4 Å². The molecular weight excluding hydrogens is 296 g/mol. The van der Waals surface area contributed by atoms with Crippen LogP contribution in [0.4, 0.5) is 0 Å². The summed E-state index contributed by atoms with van der Waals surface area (Å²) in [5.74, 6) is -0.719. The third kappa shape index (κ3) is 3.44. The van der Waals surface area contributed by atoms with E-state index in [4.69, 9.17) is 9.47 Å². The molecule has 1 aromatic heterocycles. The Kier molecular flexibility index (Phi) is 4.15. The molecule has 0 atom stereocenters. The predicted octanol–water partition coefficient (Wildman–Crippen LogP) is 2.85. The van der Waals surface area contributed by atoms with E-state index in [1.165, 1.54) is 6.33 Å². The molecule has 0 unspecified atom stereocenters. The molecular formula is C17H12N2O4. The fourth-order valence-corrected chi connectivity index (χ4v) is 1.90. The van der Waals surface area contributed by atoms with Crippen LogP contribution < -0.4 is 9.47 Å². The number of imidazole rings is 1. The van der Waals surface area contributed by atoms with Crippen LogP contribution in [0.1, 0.15) is 21.0 Å². The number of para-hydroxylation sites is 2. The zero-order valence-electron chi connectivity index (χ0n) is 11.9.